The molecule has 6 heteroatoms. The van der Waals surface area contributed by atoms with Gasteiger partial charge in [0.15, 0.2) is 0 Å². The van der Waals surface area contributed by atoms with Crippen LogP contribution in [0.4, 0.5) is 12.9 Å². The number of halogens is 3. The second kappa shape index (κ2) is 6.66. The number of ether oxygens (including phenoxy) is 1. The number of methoxy groups -OCH3 is 1. The van der Waals surface area contributed by atoms with Crippen LogP contribution in [0.25, 0.3) is 0 Å². The van der Waals surface area contributed by atoms with E-state index in [9.17, 15) is 12.9 Å². The third kappa shape index (κ3) is 4.16. The van der Waals surface area contributed by atoms with Crippen LogP contribution >= 0.6 is 0 Å². The number of hydrogen-bond donors (Lipinski definition) is 0. The minimum absolute atomic E-state index is 0. The molecule has 0 radical (unpaired) electrons. The van der Waals surface area contributed by atoms with Crippen molar-refractivity contribution in [3.05, 3.63) is 18.6 Å². The molecule has 1 saturated carbocycles. The largest absolute Gasteiger partial charge is 0.762 e. The quantitative estimate of drug-likeness (QED) is 0.532. The van der Waals surface area contributed by atoms with Crippen LogP contribution in [0.15, 0.2) is 6.08 Å². The molecule has 2 aliphatic carbocycles. The van der Waals surface area contributed by atoms with Gasteiger partial charge in [-0.25, -0.2) is 0 Å². The maximum absolute atomic E-state index is 9.67. The van der Waals surface area contributed by atoms with E-state index < -0.39 is 7.54 Å². The van der Waals surface area contributed by atoms with Gasteiger partial charge in [-0.15, -0.1) is 0 Å². The number of fused-ring (bicyclic) bond motifs is 2. The van der Waals surface area contributed by atoms with Crippen molar-refractivity contribution in [1.82, 2.24) is 0 Å². The van der Waals surface area contributed by atoms with Crippen molar-refractivity contribution in [2.75, 3.05) is 7.11 Å². The first-order valence-corrected chi connectivity index (χ1v) is 4.03. The molecule has 84 valence electrons. The Hall–Kier alpha value is 0.217. The molecule has 0 saturated heterocycles. The van der Waals surface area contributed by atoms with Crippen molar-refractivity contribution >= 4 is 7.54 Å². The van der Waals surface area contributed by atoms with Gasteiger partial charge in [-0.3, -0.25) is 19.0 Å². The number of hydrogen-bond acceptors (Lipinski definition) is 1. The monoisotopic (exact) mass is 296 g/mol. The van der Waals surface area contributed by atoms with E-state index in [1.54, 1.807) is 7.11 Å². The Labute approximate surface area is 96.0 Å². The van der Waals surface area contributed by atoms with Crippen molar-refractivity contribution in [2.24, 2.45) is 11.8 Å². The fourth-order valence-electron chi connectivity index (χ4n) is 1.66. The van der Waals surface area contributed by atoms with Gasteiger partial charge in [-0.05, 0) is 0 Å². The molecule has 0 spiro atoms. The van der Waals surface area contributed by atoms with Gasteiger partial charge in [-0.1, -0.05) is 18.4 Å². The zero-order valence-electron chi connectivity index (χ0n) is 7.53. The Balaban J connectivity index is 0.000000299. The molecule has 0 aromatic rings. The summed E-state index contributed by atoms with van der Waals surface area (Å²) in [6, 6.07) is 0. The van der Waals surface area contributed by atoms with Crippen LogP contribution in [-0.4, -0.2) is 20.8 Å². The third-order valence-corrected chi connectivity index (χ3v) is 2.17. The average molecular weight is 296 g/mol. The predicted octanol–water partition coefficient (Wildman–Crippen LogP) is 2.09. The van der Waals surface area contributed by atoms with Crippen LogP contribution < -0.4 is 0 Å². The summed E-state index contributed by atoms with van der Waals surface area (Å²) in [5.41, 5.74) is 0. The van der Waals surface area contributed by atoms with E-state index in [0.717, 1.165) is 0 Å². The maximum atomic E-state index is 9.67. The fraction of sp³-hybridized carbons (Fsp3) is 0.625. The summed E-state index contributed by atoms with van der Waals surface area (Å²) in [5, 5.41) is 0. The van der Waals surface area contributed by atoms with Crippen molar-refractivity contribution in [3.8, 4) is 0 Å². The van der Waals surface area contributed by atoms with Gasteiger partial charge >= 0.3 is 7.54 Å². The summed E-state index contributed by atoms with van der Waals surface area (Å²) < 4.78 is 34.2. The average Bonchev–Trinajstić information content (AvgIpc) is 2.62. The number of allylic oxidation sites excluding steroid dienone is 1. The molecular formula is C8H10BF3OPd-2. The first-order chi connectivity index (χ1) is 6.13. The number of rotatable bonds is 1. The van der Waals surface area contributed by atoms with Crippen molar-refractivity contribution < 1.29 is 38.1 Å². The van der Waals surface area contributed by atoms with Crippen LogP contribution in [0.5, 0.6) is 0 Å². The van der Waals surface area contributed by atoms with E-state index in [1.807, 2.05) is 0 Å². The van der Waals surface area contributed by atoms with Gasteiger partial charge in [0.2, 0.25) is 0 Å². The Morgan fingerprint density at radius 1 is 1.50 bits per heavy atom. The molecule has 3 unspecified atom stereocenters. The smallest absolute Gasteiger partial charge is 0.528 e. The van der Waals surface area contributed by atoms with Crippen LogP contribution in [0.1, 0.15) is 6.42 Å². The van der Waals surface area contributed by atoms with Gasteiger partial charge in [0.25, 0.3) is 0 Å². The van der Waals surface area contributed by atoms with Crippen LogP contribution in [0.2, 0.25) is 0 Å². The van der Waals surface area contributed by atoms with Crippen molar-refractivity contribution in [2.45, 2.75) is 12.5 Å². The summed E-state index contributed by atoms with van der Waals surface area (Å²) in [6.07, 6.45) is 9.27. The Morgan fingerprint density at radius 3 is 2.29 bits per heavy atom. The third-order valence-electron chi connectivity index (χ3n) is 2.17. The molecule has 1 nitrogen and oxygen atoms in total. The Bertz CT molecular complexity index is 189. The second-order valence-corrected chi connectivity index (χ2v) is 2.98. The molecular weight excluding hydrogens is 286 g/mol. The molecule has 2 bridgehead atoms. The normalized spacial score (nSPS) is 31.9. The SMILES string of the molecule is COC1[CH-]C2[C-]=CC1C2.FB(F)F.[Pd]. The van der Waals surface area contributed by atoms with Gasteiger partial charge in [0, 0.05) is 27.5 Å². The molecule has 1 fully saturated rings. The van der Waals surface area contributed by atoms with Gasteiger partial charge in [0.1, 0.15) is 0 Å². The molecule has 0 amide bonds. The summed E-state index contributed by atoms with van der Waals surface area (Å²) in [4.78, 5) is 0. The van der Waals surface area contributed by atoms with Gasteiger partial charge in [-0.2, -0.15) is 0 Å². The van der Waals surface area contributed by atoms with E-state index in [1.165, 1.54) is 6.42 Å². The minimum atomic E-state index is -3.67. The molecule has 0 aromatic carbocycles. The standard InChI is InChI=1S/C8H10O.BF3.Pd/c1-9-8-5-6-2-3-7(8)4-6;2-1(3)4;/h3,5-8H,4H2,1H3;;/q-2;;. The molecule has 3 atom stereocenters. The summed E-state index contributed by atoms with van der Waals surface area (Å²) in [6.45, 7) is 0. The minimum Gasteiger partial charge on any atom is -0.528 e. The van der Waals surface area contributed by atoms with Crippen LogP contribution in [0, 0.1) is 24.3 Å². The molecule has 0 heterocycles. The molecule has 2 rings (SSSR count). The maximum Gasteiger partial charge on any atom is 0.762 e. The van der Waals surface area contributed by atoms with E-state index in [-0.39, 0.29) is 20.4 Å². The summed E-state index contributed by atoms with van der Waals surface area (Å²) in [5.74, 6) is 1.24. The molecule has 2 aliphatic rings. The van der Waals surface area contributed by atoms with Crippen LogP contribution in [0.3, 0.4) is 0 Å². The predicted molar refractivity (Wildman–Crippen MR) is 43.6 cm³/mol. The Morgan fingerprint density at radius 2 is 2.07 bits per heavy atom. The molecule has 0 N–H and O–H groups in total. The zero-order chi connectivity index (χ0) is 9.84. The second-order valence-electron chi connectivity index (χ2n) is 2.98. The fourth-order valence-corrected chi connectivity index (χ4v) is 1.66. The first kappa shape index (κ1) is 14.2. The Kier molecular flexibility index (Phi) is 6.76. The van der Waals surface area contributed by atoms with E-state index in [4.69, 9.17) is 4.74 Å². The van der Waals surface area contributed by atoms with Crippen molar-refractivity contribution in [1.29, 1.82) is 0 Å². The first-order valence-electron chi connectivity index (χ1n) is 4.03. The van der Waals surface area contributed by atoms with Crippen LogP contribution in [-0.2, 0) is 25.2 Å². The van der Waals surface area contributed by atoms with E-state index >= 15 is 0 Å². The zero-order valence-corrected chi connectivity index (χ0v) is 9.08. The van der Waals surface area contributed by atoms with Gasteiger partial charge < -0.3 is 23.2 Å². The van der Waals surface area contributed by atoms with Crippen molar-refractivity contribution in [3.63, 3.8) is 0 Å². The topological polar surface area (TPSA) is 9.23 Å². The molecule has 0 aromatic heterocycles. The molecule has 0 aliphatic heterocycles. The van der Waals surface area contributed by atoms with Gasteiger partial charge in [0.05, 0.1) is 0 Å². The van der Waals surface area contributed by atoms with E-state index in [2.05, 4.69) is 18.6 Å². The molecule has 14 heavy (non-hydrogen) atoms. The van der Waals surface area contributed by atoms with E-state index in [0.29, 0.717) is 17.9 Å². The summed E-state index contributed by atoms with van der Waals surface area (Å²) in [7, 11) is -1.89. The summed E-state index contributed by atoms with van der Waals surface area (Å²) >= 11 is 0.